The van der Waals surface area contributed by atoms with E-state index in [1.54, 1.807) is 0 Å². The lowest BCUT2D eigenvalue weighted by molar-refractivity contribution is 0.0738. The molecule has 6 atom stereocenters. The maximum atomic E-state index is 13.7. The average molecular weight is 595 g/mol. The molecule has 9 nitrogen and oxygen atoms in total. The summed E-state index contributed by atoms with van der Waals surface area (Å²) in [5.74, 6) is -0.594. The average Bonchev–Trinajstić information content (AvgIpc) is 3.51. The largest absolute Gasteiger partial charge is 0.389 e. The summed E-state index contributed by atoms with van der Waals surface area (Å²) in [6.07, 6.45) is 10.4. The lowest BCUT2D eigenvalue weighted by Crippen LogP contribution is -2.52. The molecule has 0 bridgehead atoms. The Bertz CT molecular complexity index is 1420. The zero-order valence-electron chi connectivity index (χ0n) is 24.7. The molecule has 1 fully saturated rings. The van der Waals surface area contributed by atoms with E-state index in [1.807, 2.05) is 49.4 Å². The molecule has 0 radical (unpaired) electrons. The van der Waals surface area contributed by atoms with E-state index in [0.29, 0.717) is 6.42 Å². The number of benzene rings is 2. The minimum Gasteiger partial charge on any atom is -0.389 e. The molecule has 10 heteroatoms. The first-order valence-electron chi connectivity index (χ1n) is 14.4. The Balaban J connectivity index is 1.62. The molecule has 1 heterocycles. The number of allylic oxidation sites excluding steroid dienone is 3. The van der Waals surface area contributed by atoms with E-state index in [0.717, 1.165) is 35.5 Å². The Morgan fingerprint density at radius 2 is 1.69 bits per heavy atom. The number of aliphatic hydroxyl groups excluding tert-OH is 1. The van der Waals surface area contributed by atoms with Crippen LogP contribution >= 0.6 is 0 Å². The predicted molar refractivity (Wildman–Crippen MR) is 166 cm³/mol. The summed E-state index contributed by atoms with van der Waals surface area (Å²) in [6, 6.07) is 13.0. The van der Waals surface area contributed by atoms with E-state index in [-0.39, 0.29) is 40.7 Å². The van der Waals surface area contributed by atoms with Crippen molar-refractivity contribution >= 4 is 27.5 Å². The van der Waals surface area contributed by atoms with Gasteiger partial charge in [-0.05, 0) is 62.4 Å². The van der Waals surface area contributed by atoms with Crippen LogP contribution in [0.4, 0.5) is 5.69 Å². The lowest BCUT2D eigenvalue weighted by atomic mass is 9.85. The van der Waals surface area contributed by atoms with Gasteiger partial charge in [0, 0.05) is 36.2 Å². The monoisotopic (exact) mass is 594 g/mol. The van der Waals surface area contributed by atoms with Gasteiger partial charge in [-0.1, -0.05) is 61.6 Å². The summed E-state index contributed by atoms with van der Waals surface area (Å²) >= 11 is 0. The van der Waals surface area contributed by atoms with E-state index < -0.39 is 34.0 Å². The van der Waals surface area contributed by atoms with Crippen LogP contribution in [0, 0.1) is 11.8 Å². The van der Waals surface area contributed by atoms with Gasteiger partial charge in [-0.2, -0.15) is 0 Å². The number of nitrogens with zero attached hydrogens (tertiary/aromatic N) is 1. The Kier molecular flexibility index (Phi) is 10.2. The van der Waals surface area contributed by atoms with E-state index in [4.69, 9.17) is 0 Å². The number of anilines is 1. The highest BCUT2D eigenvalue weighted by Gasteiger charge is 2.32. The first-order valence-corrected chi connectivity index (χ1v) is 16.3. The molecule has 2 aromatic rings. The Morgan fingerprint density at radius 1 is 1.05 bits per heavy atom. The molecule has 2 amide bonds. The second-order valence-corrected chi connectivity index (χ2v) is 13.4. The number of hydrogen-bond donors (Lipinski definition) is 4. The highest BCUT2D eigenvalue weighted by molar-refractivity contribution is 7.92. The molecule has 1 saturated heterocycles. The molecule has 2 aliphatic rings. The van der Waals surface area contributed by atoms with Crippen molar-refractivity contribution in [3.63, 3.8) is 0 Å². The maximum Gasteiger partial charge on any atom is 0.251 e. The molecule has 2 aromatic carbocycles. The van der Waals surface area contributed by atoms with Gasteiger partial charge in [0.1, 0.15) is 0 Å². The number of amides is 2. The van der Waals surface area contributed by atoms with E-state index in [9.17, 15) is 23.1 Å². The van der Waals surface area contributed by atoms with Gasteiger partial charge in [0.15, 0.2) is 0 Å². The van der Waals surface area contributed by atoms with Gasteiger partial charge < -0.3 is 21.1 Å². The Hall–Kier alpha value is -3.47. The molecule has 6 unspecified atom stereocenters. The normalized spacial score (nSPS) is 22.3. The van der Waals surface area contributed by atoms with E-state index in [1.165, 1.54) is 25.2 Å². The molecule has 0 aromatic heterocycles. The van der Waals surface area contributed by atoms with Crippen LogP contribution in [0.25, 0.3) is 0 Å². The zero-order chi connectivity index (χ0) is 30.4. The minimum absolute atomic E-state index is 0.0908. The van der Waals surface area contributed by atoms with Gasteiger partial charge >= 0.3 is 0 Å². The minimum atomic E-state index is -3.67. The third kappa shape index (κ3) is 7.87. The van der Waals surface area contributed by atoms with Crippen LogP contribution in [0.3, 0.4) is 0 Å². The van der Waals surface area contributed by atoms with Crippen LogP contribution in [0.1, 0.15) is 53.0 Å². The molecule has 0 spiro atoms. The fourth-order valence-electron chi connectivity index (χ4n) is 5.65. The first kappa shape index (κ1) is 31.5. The molecule has 226 valence electrons. The SMILES string of the molecule is CC1C=CC=CC1C(C)NC(=O)c1cc(C(=O)NC(Cc2ccccc2)C(O)C2CCCN2)cc(N(C)S(C)(=O)=O)c1. The van der Waals surface area contributed by atoms with Gasteiger partial charge in [0.05, 0.1) is 24.1 Å². The Morgan fingerprint density at radius 3 is 2.29 bits per heavy atom. The summed E-state index contributed by atoms with van der Waals surface area (Å²) in [5.41, 5.74) is 1.44. The van der Waals surface area contributed by atoms with Crippen LogP contribution in [0.2, 0.25) is 0 Å². The van der Waals surface area contributed by atoms with Crippen molar-refractivity contribution in [1.29, 1.82) is 0 Å². The predicted octanol–water partition coefficient (Wildman–Crippen LogP) is 3.03. The van der Waals surface area contributed by atoms with Crippen LogP contribution in [0.5, 0.6) is 0 Å². The second kappa shape index (κ2) is 13.7. The number of nitrogens with one attached hydrogen (secondary N) is 3. The van der Waals surface area contributed by atoms with Crippen molar-refractivity contribution in [2.45, 2.75) is 57.3 Å². The Labute approximate surface area is 249 Å². The fraction of sp³-hybridized carbons (Fsp3) is 0.438. The number of carbonyl (C=O) groups excluding carboxylic acids is 2. The second-order valence-electron chi connectivity index (χ2n) is 11.4. The topological polar surface area (TPSA) is 128 Å². The molecule has 4 N–H and O–H groups in total. The molecule has 0 saturated carbocycles. The van der Waals surface area contributed by atoms with Gasteiger partial charge in [-0.25, -0.2) is 8.42 Å². The molecule has 4 rings (SSSR count). The number of aliphatic hydroxyl groups is 1. The molecule has 42 heavy (non-hydrogen) atoms. The highest BCUT2D eigenvalue weighted by atomic mass is 32.2. The van der Waals surface area contributed by atoms with Crippen molar-refractivity contribution in [3.05, 3.63) is 89.5 Å². The summed E-state index contributed by atoms with van der Waals surface area (Å²) in [4.78, 5) is 27.2. The number of hydrogen-bond acceptors (Lipinski definition) is 6. The van der Waals surface area contributed by atoms with Crippen molar-refractivity contribution < 1.29 is 23.1 Å². The van der Waals surface area contributed by atoms with Gasteiger partial charge in [0.25, 0.3) is 11.8 Å². The van der Waals surface area contributed by atoms with Crippen molar-refractivity contribution in [3.8, 4) is 0 Å². The third-order valence-electron chi connectivity index (χ3n) is 8.24. The first-order chi connectivity index (χ1) is 19.9. The molecule has 1 aliphatic heterocycles. The standard InChI is InChI=1S/C32H42N4O5S/c1-21-11-8-9-14-27(21)22(2)34-31(38)24-18-25(20-26(19-24)36(3)42(4,40)41)32(39)35-29(17-23-12-6-5-7-13-23)30(37)28-15-10-16-33-28/h5-9,11-14,18-22,27-30,33,37H,10,15-17H2,1-4H3,(H,34,38)(H,35,39). The van der Waals surface area contributed by atoms with Crippen molar-refractivity contribution in [2.75, 3.05) is 24.2 Å². The summed E-state index contributed by atoms with van der Waals surface area (Å²) in [7, 11) is -2.29. The summed E-state index contributed by atoms with van der Waals surface area (Å²) < 4.78 is 25.8. The van der Waals surface area contributed by atoms with Crippen LogP contribution in [-0.2, 0) is 16.4 Å². The summed E-state index contributed by atoms with van der Waals surface area (Å²) in [6.45, 7) is 4.81. The fourth-order valence-corrected chi connectivity index (χ4v) is 6.14. The van der Waals surface area contributed by atoms with Crippen LogP contribution in [0.15, 0.2) is 72.8 Å². The van der Waals surface area contributed by atoms with Gasteiger partial charge in [0.2, 0.25) is 10.0 Å². The molecular formula is C32H42N4O5S. The zero-order valence-corrected chi connectivity index (χ0v) is 25.5. The number of sulfonamides is 1. The highest BCUT2D eigenvalue weighted by Crippen LogP contribution is 2.25. The van der Waals surface area contributed by atoms with Gasteiger partial charge in [-0.3, -0.25) is 13.9 Å². The molecule has 1 aliphatic carbocycles. The maximum absolute atomic E-state index is 13.7. The lowest BCUT2D eigenvalue weighted by Gasteiger charge is -2.29. The van der Waals surface area contributed by atoms with E-state index >= 15 is 0 Å². The summed E-state index contributed by atoms with van der Waals surface area (Å²) in [5, 5.41) is 20.6. The smallest absolute Gasteiger partial charge is 0.251 e. The molecular weight excluding hydrogens is 552 g/mol. The third-order valence-corrected chi connectivity index (χ3v) is 9.45. The quantitative estimate of drug-likeness (QED) is 0.317. The number of carbonyl (C=O) groups is 2. The van der Waals surface area contributed by atoms with E-state index in [2.05, 4.69) is 35.0 Å². The van der Waals surface area contributed by atoms with Crippen molar-refractivity contribution in [2.24, 2.45) is 11.8 Å². The van der Waals surface area contributed by atoms with Gasteiger partial charge in [-0.15, -0.1) is 0 Å². The number of rotatable bonds is 11. The van der Waals surface area contributed by atoms with Crippen LogP contribution in [-0.4, -0.2) is 69.4 Å². The van der Waals surface area contributed by atoms with Crippen LogP contribution < -0.4 is 20.3 Å². The van der Waals surface area contributed by atoms with Crippen molar-refractivity contribution in [1.82, 2.24) is 16.0 Å².